The molecular formula is C24H23ClN2O6. The van der Waals surface area contributed by atoms with Gasteiger partial charge in [0.15, 0.2) is 0 Å². The van der Waals surface area contributed by atoms with Crippen molar-refractivity contribution in [1.82, 2.24) is 0 Å². The summed E-state index contributed by atoms with van der Waals surface area (Å²) in [6.07, 6.45) is 2.24. The zero-order valence-corrected chi connectivity index (χ0v) is 18.5. The second-order valence-corrected chi connectivity index (χ2v) is 8.94. The van der Waals surface area contributed by atoms with E-state index < -0.39 is 28.8 Å². The minimum Gasteiger partial charge on any atom is -0.447 e. The Morgan fingerprint density at radius 1 is 1.09 bits per heavy atom. The van der Waals surface area contributed by atoms with Crippen LogP contribution in [-0.2, 0) is 19.1 Å². The van der Waals surface area contributed by atoms with Crippen molar-refractivity contribution < 1.29 is 24.0 Å². The number of Topliss-reactive ketones (excluding diaryl/α,β-unsaturated/α-hetero) is 1. The zero-order valence-electron chi connectivity index (χ0n) is 17.7. The Bertz CT molecular complexity index is 1070. The molecule has 2 aromatic rings. The summed E-state index contributed by atoms with van der Waals surface area (Å²) in [5.74, 6) is -1.54. The van der Waals surface area contributed by atoms with Crippen LogP contribution in [0.1, 0.15) is 43.8 Å². The van der Waals surface area contributed by atoms with E-state index in [-0.39, 0.29) is 34.0 Å². The van der Waals surface area contributed by atoms with Crippen LogP contribution in [0.2, 0.25) is 5.02 Å². The van der Waals surface area contributed by atoms with Gasteiger partial charge in [-0.2, -0.15) is 0 Å². The van der Waals surface area contributed by atoms with Crippen molar-refractivity contribution in [2.75, 3.05) is 5.32 Å². The van der Waals surface area contributed by atoms with Crippen molar-refractivity contribution >= 4 is 40.6 Å². The number of rotatable bonds is 6. The summed E-state index contributed by atoms with van der Waals surface area (Å²) in [5, 5.41) is 13.5. The van der Waals surface area contributed by atoms with E-state index in [1.807, 2.05) is 0 Å². The molecule has 4 atom stereocenters. The molecule has 172 valence electrons. The molecule has 4 rings (SSSR count). The van der Waals surface area contributed by atoms with Crippen LogP contribution in [0.3, 0.4) is 0 Å². The molecule has 0 spiro atoms. The first kappa shape index (κ1) is 22.9. The summed E-state index contributed by atoms with van der Waals surface area (Å²) in [6.45, 7) is 0. The van der Waals surface area contributed by atoms with Crippen LogP contribution < -0.4 is 5.32 Å². The van der Waals surface area contributed by atoms with Gasteiger partial charge in [-0.25, -0.2) is 0 Å². The van der Waals surface area contributed by atoms with Gasteiger partial charge in [-0.15, -0.1) is 0 Å². The molecule has 1 amide bonds. The smallest absolute Gasteiger partial charge is 0.310 e. The molecular weight excluding hydrogens is 448 g/mol. The van der Waals surface area contributed by atoms with Crippen molar-refractivity contribution in [2.24, 2.45) is 17.8 Å². The highest BCUT2D eigenvalue weighted by Gasteiger charge is 2.42. The lowest BCUT2D eigenvalue weighted by atomic mass is 9.67. The van der Waals surface area contributed by atoms with Crippen LogP contribution in [0.25, 0.3) is 0 Å². The molecule has 1 N–H and O–H groups in total. The number of nitrogens with zero attached hydrogens (tertiary/aromatic N) is 1. The molecule has 1 unspecified atom stereocenters. The predicted molar refractivity (Wildman–Crippen MR) is 121 cm³/mol. The van der Waals surface area contributed by atoms with Crippen LogP contribution >= 0.6 is 11.6 Å². The van der Waals surface area contributed by atoms with Crippen molar-refractivity contribution in [1.29, 1.82) is 0 Å². The van der Waals surface area contributed by atoms with Crippen molar-refractivity contribution in [3.05, 3.63) is 69.2 Å². The van der Waals surface area contributed by atoms with E-state index >= 15 is 0 Å². The summed E-state index contributed by atoms with van der Waals surface area (Å²) in [7, 11) is 0. The van der Waals surface area contributed by atoms with E-state index in [1.165, 1.54) is 12.1 Å². The van der Waals surface area contributed by atoms with E-state index in [1.54, 1.807) is 30.3 Å². The number of hydrogen-bond donors (Lipinski definition) is 1. The Morgan fingerprint density at radius 3 is 2.36 bits per heavy atom. The number of halogens is 1. The number of fused-ring (bicyclic) bond motifs is 2. The average Bonchev–Trinajstić information content (AvgIpc) is 2.78. The summed E-state index contributed by atoms with van der Waals surface area (Å²) in [4.78, 5) is 48.9. The van der Waals surface area contributed by atoms with Crippen molar-refractivity contribution in [3.8, 4) is 0 Å². The minimum absolute atomic E-state index is 0.00527. The molecule has 0 aromatic heterocycles. The summed E-state index contributed by atoms with van der Waals surface area (Å²) in [5.41, 5.74) is 0.442. The molecule has 2 aliphatic carbocycles. The quantitative estimate of drug-likeness (QED) is 0.366. The highest BCUT2D eigenvalue weighted by atomic mass is 35.5. The fourth-order valence-corrected chi connectivity index (χ4v) is 4.92. The Balaban J connectivity index is 1.52. The predicted octanol–water partition coefficient (Wildman–Crippen LogP) is 4.87. The third-order valence-electron chi connectivity index (χ3n) is 6.38. The van der Waals surface area contributed by atoms with Crippen LogP contribution in [-0.4, -0.2) is 22.6 Å². The zero-order chi connectivity index (χ0) is 23.5. The molecule has 2 saturated carbocycles. The molecule has 2 fully saturated rings. The van der Waals surface area contributed by atoms with Gasteiger partial charge >= 0.3 is 5.97 Å². The highest BCUT2D eigenvalue weighted by molar-refractivity contribution is 6.34. The second kappa shape index (κ2) is 9.70. The van der Waals surface area contributed by atoms with Crippen LogP contribution in [0.4, 0.5) is 11.4 Å². The van der Waals surface area contributed by atoms with E-state index in [0.717, 1.165) is 25.3 Å². The fraction of sp³-hybridized carbons (Fsp3) is 0.375. The fourth-order valence-electron chi connectivity index (χ4n) is 4.70. The Morgan fingerprint density at radius 2 is 1.76 bits per heavy atom. The maximum absolute atomic E-state index is 13.1. The number of nitro groups is 1. The molecule has 33 heavy (non-hydrogen) atoms. The van der Waals surface area contributed by atoms with Crippen LogP contribution in [0.5, 0.6) is 0 Å². The summed E-state index contributed by atoms with van der Waals surface area (Å²) in [6, 6.07) is 12.3. The maximum Gasteiger partial charge on any atom is 0.310 e. The van der Waals surface area contributed by atoms with Gasteiger partial charge in [-0.1, -0.05) is 48.4 Å². The summed E-state index contributed by atoms with van der Waals surface area (Å²) >= 11 is 6.11. The van der Waals surface area contributed by atoms with E-state index in [2.05, 4.69) is 5.32 Å². The monoisotopic (exact) mass is 470 g/mol. The Kier molecular flexibility index (Phi) is 6.74. The SMILES string of the molecule is O=C(O[C@@H](C(=O)Nc1ccc([N+](=O)[O-])cc1Cl)c1ccccc1)C1C[C@H]2CCC[C@@H](C1)C2=O. The molecule has 0 saturated heterocycles. The number of ether oxygens (including phenoxy) is 1. The lowest BCUT2D eigenvalue weighted by Gasteiger charge is -2.36. The van der Waals surface area contributed by atoms with Gasteiger partial charge < -0.3 is 10.1 Å². The topological polar surface area (TPSA) is 116 Å². The minimum atomic E-state index is -1.23. The largest absolute Gasteiger partial charge is 0.447 e. The number of ketones is 1. The number of non-ortho nitro benzene ring substituents is 1. The first-order chi connectivity index (χ1) is 15.8. The molecule has 2 aromatic carbocycles. The lowest BCUT2D eigenvalue weighted by molar-refractivity contribution is -0.384. The third-order valence-corrected chi connectivity index (χ3v) is 6.69. The molecule has 0 heterocycles. The van der Waals surface area contributed by atoms with Gasteiger partial charge in [-0.05, 0) is 31.7 Å². The third kappa shape index (κ3) is 5.06. The highest BCUT2D eigenvalue weighted by Crippen LogP contribution is 2.41. The maximum atomic E-state index is 13.1. The number of hydrogen-bond acceptors (Lipinski definition) is 6. The van der Waals surface area contributed by atoms with Gasteiger partial charge in [0.2, 0.25) is 6.10 Å². The van der Waals surface area contributed by atoms with Gasteiger partial charge in [0.25, 0.3) is 11.6 Å². The Hall–Kier alpha value is -3.26. The lowest BCUT2D eigenvalue weighted by Crippen LogP contribution is -2.40. The van der Waals surface area contributed by atoms with Gasteiger partial charge in [-0.3, -0.25) is 24.5 Å². The van der Waals surface area contributed by atoms with Crippen molar-refractivity contribution in [3.63, 3.8) is 0 Å². The molecule has 9 heteroatoms. The van der Waals surface area contributed by atoms with Crippen LogP contribution in [0, 0.1) is 27.9 Å². The number of esters is 1. The molecule has 2 bridgehead atoms. The van der Waals surface area contributed by atoms with Gasteiger partial charge in [0.05, 0.1) is 21.6 Å². The molecule has 0 aliphatic heterocycles. The average molecular weight is 471 g/mol. The molecule has 0 radical (unpaired) electrons. The Labute approximate surface area is 195 Å². The number of benzene rings is 2. The van der Waals surface area contributed by atoms with Gasteiger partial charge in [0, 0.05) is 29.5 Å². The standard InChI is InChI=1S/C24H23ClN2O6/c25-19-13-18(27(31)32)9-10-20(19)26-23(29)22(14-5-2-1-3-6-14)33-24(30)17-11-15-7-4-8-16(12-17)21(15)28/h1-3,5-6,9-10,13,15-17,22H,4,7-8,11-12H2,(H,26,29)/t15-,16+,17?,22-/m1/s1. The normalized spacial score (nSPS) is 22.8. The van der Waals surface area contributed by atoms with Crippen molar-refractivity contribution in [2.45, 2.75) is 38.2 Å². The van der Waals surface area contributed by atoms with E-state index in [0.29, 0.717) is 18.4 Å². The number of carbonyl (C=O) groups excluding carboxylic acids is 3. The van der Waals surface area contributed by atoms with Gasteiger partial charge in [0.1, 0.15) is 5.78 Å². The molecule has 2 aliphatic rings. The first-order valence-electron chi connectivity index (χ1n) is 10.9. The van der Waals surface area contributed by atoms with E-state index in [4.69, 9.17) is 16.3 Å². The summed E-state index contributed by atoms with van der Waals surface area (Å²) < 4.78 is 5.70. The number of nitrogens with one attached hydrogen (secondary N) is 1. The van der Waals surface area contributed by atoms with Crippen LogP contribution in [0.15, 0.2) is 48.5 Å². The number of anilines is 1. The number of nitro benzene ring substituents is 1. The number of amides is 1. The molecule has 8 nitrogen and oxygen atoms in total. The number of carbonyl (C=O) groups is 3. The second-order valence-electron chi connectivity index (χ2n) is 8.53. The first-order valence-corrected chi connectivity index (χ1v) is 11.2. The van der Waals surface area contributed by atoms with E-state index in [9.17, 15) is 24.5 Å².